The van der Waals surface area contributed by atoms with E-state index >= 15 is 0 Å². The van der Waals surface area contributed by atoms with Crippen LogP contribution in [0.4, 0.5) is 5.69 Å². The number of rotatable bonds is 4. The fourth-order valence-corrected chi connectivity index (χ4v) is 3.09. The van der Waals surface area contributed by atoms with E-state index in [-0.39, 0.29) is 5.78 Å². The zero-order valence-corrected chi connectivity index (χ0v) is 12.3. The smallest absolute Gasteiger partial charge is 0.182 e. The van der Waals surface area contributed by atoms with Gasteiger partial charge in [0.15, 0.2) is 5.78 Å². The quantitative estimate of drug-likeness (QED) is 0.657. The number of anilines is 1. The summed E-state index contributed by atoms with van der Waals surface area (Å²) < 4.78 is 0. The number of carbonyl (C=O) groups excluding carboxylic acids is 1. The Bertz CT molecular complexity index is 479. The normalized spacial score (nSPS) is 22.9. The maximum Gasteiger partial charge on any atom is 0.182 e. The van der Waals surface area contributed by atoms with Gasteiger partial charge in [0.2, 0.25) is 0 Å². The molecule has 1 aromatic rings. The molecule has 1 saturated heterocycles. The van der Waals surface area contributed by atoms with Crippen LogP contribution in [-0.4, -0.2) is 17.9 Å². The van der Waals surface area contributed by atoms with Gasteiger partial charge in [0, 0.05) is 5.56 Å². The van der Waals surface area contributed by atoms with Gasteiger partial charge in [-0.3, -0.25) is 4.79 Å². The van der Waals surface area contributed by atoms with Crippen LogP contribution < -0.4 is 11.1 Å². The SMILES string of the molecule is CC(C)CC1(C(=O)c2ccc(N)c(Cl)c2)CCCN1. The lowest BCUT2D eigenvalue weighted by Gasteiger charge is -2.30. The van der Waals surface area contributed by atoms with E-state index in [0.29, 0.717) is 22.2 Å². The molecule has 2 rings (SSSR count). The molecule has 1 atom stereocenters. The lowest BCUT2D eigenvalue weighted by molar-refractivity contribution is 0.0844. The molecule has 1 aliphatic rings. The highest BCUT2D eigenvalue weighted by Crippen LogP contribution is 2.32. The van der Waals surface area contributed by atoms with Gasteiger partial charge in [0.05, 0.1) is 16.2 Å². The van der Waals surface area contributed by atoms with E-state index in [1.54, 1.807) is 18.2 Å². The Kier molecular flexibility index (Phi) is 4.16. The molecule has 19 heavy (non-hydrogen) atoms. The van der Waals surface area contributed by atoms with Crippen LogP contribution in [0.25, 0.3) is 0 Å². The van der Waals surface area contributed by atoms with E-state index in [9.17, 15) is 4.79 Å². The van der Waals surface area contributed by atoms with Crippen molar-refractivity contribution in [3.8, 4) is 0 Å². The summed E-state index contributed by atoms with van der Waals surface area (Å²) in [6, 6.07) is 5.15. The maximum atomic E-state index is 12.8. The Labute approximate surface area is 119 Å². The molecule has 3 N–H and O–H groups in total. The Morgan fingerprint density at radius 3 is 2.79 bits per heavy atom. The highest BCUT2D eigenvalue weighted by molar-refractivity contribution is 6.33. The Morgan fingerprint density at radius 2 is 2.26 bits per heavy atom. The van der Waals surface area contributed by atoms with E-state index < -0.39 is 5.54 Å². The first-order chi connectivity index (χ1) is 8.94. The van der Waals surface area contributed by atoms with Crippen LogP contribution in [0.15, 0.2) is 18.2 Å². The molecule has 104 valence electrons. The fourth-order valence-electron chi connectivity index (χ4n) is 2.91. The maximum absolute atomic E-state index is 12.8. The highest BCUT2D eigenvalue weighted by Gasteiger charge is 2.41. The topological polar surface area (TPSA) is 55.1 Å². The fraction of sp³-hybridized carbons (Fsp3) is 0.533. The summed E-state index contributed by atoms with van der Waals surface area (Å²) in [5.41, 5.74) is 6.43. The molecule has 1 aromatic carbocycles. The van der Waals surface area contributed by atoms with Crippen LogP contribution in [0.2, 0.25) is 5.02 Å². The number of ketones is 1. The molecule has 0 saturated carbocycles. The first-order valence-corrected chi connectivity index (χ1v) is 7.17. The monoisotopic (exact) mass is 280 g/mol. The number of nitrogen functional groups attached to an aromatic ring is 1. The number of carbonyl (C=O) groups is 1. The van der Waals surface area contributed by atoms with Crippen LogP contribution in [0.5, 0.6) is 0 Å². The molecule has 3 nitrogen and oxygen atoms in total. The molecule has 0 amide bonds. The predicted octanol–water partition coefficient (Wildman–Crippen LogP) is 3.27. The summed E-state index contributed by atoms with van der Waals surface area (Å²) in [6.07, 6.45) is 2.79. The van der Waals surface area contributed by atoms with Crippen LogP contribution in [0.1, 0.15) is 43.5 Å². The molecule has 4 heteroatoms. The molecule has 0 aromatic heterocycles. The summed E-state index contributed by atoms with van der Waals surface area (Å²) in [4.78, 5) is 12.8. The average molecular weight is 281 g/mol. The highest BCUT2D eigenvalue weighted by atomic mass is 35.5. The van der Waals surface area contributed by atoms with Crippen molar-refractivity contribution in [3.63, 3.8) is 0 Å². The molecule has 0 bridgehead atoms. The van der Waals surface area contributed by atoms with Crippen molar-refractivity contribution in [2.24, 2.45) is 5.92 Å². The molecule has 0 aliphatic carbocycles. The van der Waals surface area contributed by atoms with E-state index in [1.165, 1.54) is 0 Å². The van der Waals surface area contributed by atoms with Crippen LogP contribution >= 0.6 is 11.6 Å². The van der Waals surface area contributed by atoms with Gasteiger partial charge >= 0.3 is 0 Å². The molecule has 0 radical (unpaired) electrons. The minimum Gasteiger partial charge on any atom is -0.398 e. The summed E-state index contributed by atoms with van der Waals surface area (Å²) in [5.74, 6) is 0.611. The summed E-state index contributed by atoms with van der Waals surface area (Å²) in [6.45, 7) is 5.19. The van der Waals surface area contributed by atoms with Crippen molar-refractivity contribution in [1.29, 1.82) is 0 Å². The zero-order chi connectivity index (χ0) is 14.0. The van der Waals surface area contributed by atoms with Crippen molar-refractivity contribution in [2.75, 3.05) is 12.3 Å². The van der Waals surface area contributed by atoms with Gasteiger partial charge in [0.25, 0.3) is 0 Å². The predicted molar refractivity (Wildman–Crippen MR) is 79.6 cm³/mol. The second-order valence-electron chi connectivity index (χ2n) is 5.78. The second-order valence-corrected chi connectivity index (χ2v) is 6.18. The zero-order valence-electron chi connectivity index (χ0n) is 11.5. The third-order valence-electron chi connectivity index (χ3n) is 3.70. The van der Waals surface area contributed by atoms with E-state index in [2.05, 4.69) is 19.2 Å². The minimum atomic E-state index is -0.423. The van der Waals surface area contributed by atoms with Gasteiger partial charge in [0.1, 0.15) is 0 Å². The first-order valence-electron chi connectivity index (χ1n) is 6.79. The van der Waals surface area contributed by atoms with Gasteiger partial charge in [-0.25, -0.2) is 0 Å². The average Bonchev–Trinajstić information content (AvgIpc) is 2.80. The number of halogens is 1. The van der Waals surface area contributed by atoms with E-state index in [1.807, 2.05) is 0 Å². The summed E-state index contributed by atoms with van der Waals surface area (Å²) in [7, 11) is 0. The van der Waals surface area contributed by atoms with Crippen LogP contribution in [0, 0.1) is 5.92 Å². The molecule has 1 fully saturated rings. The van der Waals surface area contributed by atoms with Gasteiger partial charge < -0.3 is 11.1 Å². The molecular weight excluding hydrogens is 260 g/mol. The van der Waals surface area contributed by atoms with Gasteiger partial charge in [-0.05, 0) is 49.9 Å². The van der Waals surface area contributed by atoms with E-state index in [4.69, 9.17) is 17.3 Å². The number of benzene rings is 1. The number of hydrogen-bond acceptors (Lipinski definition) is 3. The van der Waals surface area contributed by atoms with Crippen LogP contribution in [-0.2, 0) is 0 Å². The number of nitrogens with one attached hydrogen (secondary N) is 1. The number of Topliss-reactive ketones (excluding diaryl/α,β-unsaturated/α-hetero) is 1. The molecule has 1 aliphatic heterocycles. The molecular formula is C15H21ClN2O. The number of nitrogens with two attached hydrogens (primary N) is 1. The van der Waals surface area contributed by atoms with Crippen LogP contribution in [0.3, 0.4) is 0 Å². The van der Waals surface area contributed by atoms with Gasteiger partial charge in [-0.15, -0.1) is 0 Å². The summed E-state index contributed by atoms with van der Waals surface area (Å²) in [5, 5.41) is 3.86. The minimum absolute atomic E-state index is 0.139. The molecule has 0 spiro atoms. The summed E-state index contributed by atoms with van der Waals surface area (Å²) >= 11 is 6.02. The van der Waals surface area contributed by atoms with Crippen molar-refractivity contribution in [1.82, 2.24) is 5.32 Å². The Balaban J connectivity index is 2.31. The van der Waals surface area contributed by atoms with E-state index in [0.717, 1.165) is 25.8 Å². The second kappa shape index (κ2) is 5.51. The first kappa shape index (κ1) is 14.4. The lowest BCUT2D eigenvalue weighted by atomic mass is 9.81. The molecule has 1 heterocycles. The number of hydrogen-bond donors (Lipinski definition) is 2. The Morgan fingerprint density at radius 1 is 1.53 bits per heavy atom. The standard InChI is InChI=1S/C15H21ClN2O/c1-10(2)9-15(6-3-7-18-15)14(19)11-4-5-13(17)12(16)8-11/h4-5,8,10,18H,3,6-7,9,17H2,1-2H3. The largest absolute Gasteiger partial charge is 0.398 e. The van der Waals surface area contributed by atoms with Gasteiger partial charge in [-0.2, -0.15) is 0 Å². The lowest BCUT2D eigenvalue weighted by Crippen LogP contribution is -2.48. The van der Waals surface area contributed by atoms with Crippen molar-refractivity contribution in [3.05, 3.63) is 28.8 Å². The molecule has 1 unspecified atom stereocenters. The third kappa shape index (κ3) is 2.93. The Hall–Kier alpha value is -1.06. The van der Waals surface area contributed by atoms with Crippen molar-refractivity contribution in [2.45, 2.75) is 38.6 Å². The van der Waals surface area contributed by atoms with Crippen molar-refractivity contribution >= 4 is 23.1 Å². The third-order valence-corrected chi connectivity index (χ3v) is 4.03. The van der Waals surface area contributed by atoms with Crippen molar-refractivity contribution < 1.29 is 4.79 Å². The van der Waals surface area contributed by atoms with Gasteiger partial charge in [-0.1, -0.05) is 25.4 Å².